The van der Waals surface area contributed by atoms with Crippen LogP contribution < -0.4 is 9.46 Å². The average molecular weight is 736 g/mol. The molecular formula is C42H49N5O5S. The summed E-state index contributed by atoms with van der Waals surface area (Å²) in [6.07, 6.45) is 8.54. The molecule has 53 heavy (non-hydrogen) atoms. The summed E-state index contributed by atoms with van der Waals surface area (Å²) in [6.45, 7) is 2.77. The van der Waals surface area contributed by atoms with Crippen LogP contribution in [0.3, 0.4) is 0 Å². The number of nitrogens with zero attached hydrogens (tertiary/aromatic N) is 4. The number of hydrogen-bond acceptors (Lipinski definition) is 6. The third-order valence-electron chi connectivity index (χ3n) is 12.8. The van der Waals surface area contributed by atoms with E-state index in [1.807, 2.05) is 30.3 Å². The fraction of sp³-hybridized carbons (Fsp3) is 0.476. The molecule has 2 bridgehead atoms. The molecule has 1 N–H and O–H groups in total. The Hall–Kier alpha value is -4.19. The SMILES string of the molecule is CN1CC2CCC(C1)N2C(=O)C12CC1c1cc(OCc3ccccc3)ccc1-c1c(C3CCCCC3)c3ccc(C(=O)NS(=O)(=O)N(C)C)cc3n1C2. The summed E-state index contributed by atoms with van der Waals surface area (Å²) in [5.41, 5.74) is 6.35. The highest BCUT2D eigenvalue weighted by atomic mass is 32.2. The Morgan fingerprint density at radius 2 is 1.66 bits per heavy atom. The van der Waals surface area contributed by atoms with Crippen molar-refractivity contribution in [2.24, 2.45) is 5.41 Å². The second kappa shape index (κ2) is 13.0. The first-order valence-corrected chi connectivity index (χ1v) is 20.7. The average Bonchev–Trinajstić information content (AvgIpc) is 3.74. The standard InChI is InChI=1S/C42H49N5O5S/c1-44(2)53(50,51)43-40(48)29-14-18-34-37(20-29)46-26-42(41(49)47-30-15-16-31(47)24-45(3)23-30)22-36(42)35-21-32(52-25-27-10-6-4-7-11-27)17-19-33(35)39(46)38(34)28-12-8-5-9-13-28/h4,6-7,10-11,14,17-21,28,30-31,36H,5,8-9,12-13,15-16,22-26H2,1-3H3,(H,43,48). The van der Waals surface area contributed by atoms with Crippen molar-refractivity contribution >= 4 is 32.9 Å². The molecule has 4 aromatic rings. The highest BCUT2D eigenvalue weighted by molar-refractivity contribution is 7.87. The monoisotopic (exact) mass is 735 g/mol. The smallest absolute Gasteiger partial charge is 0.303 e. The van der Waals surface area contributed by atoms with Crippen LogP contribution in [0.5, 0.6) is 5.75 Å². The lowest BCUT2D eigenvalue weighted by molar-refractivity contribution is -0.143. The molecule has 4 unspecified atom stereocenters. The van der Waals surface area contributed by atoms with Gasteiger partial charge in [0.25, 0.3) is 5.91 Å². The van der Waals surface area contributed by atoms with E-state index in [9.17, 15) is 13.2 Å². The first-order chi connectivity index (χ1) is 25.5. The Morgan fingerprint density at radius 1 is 0.925 bits per heavy atom. The number of hydrogen-bond donors (Lipinski definition) is 1. The summed E-state index contributed by atoms with van der Waals surface area (Å²) < 4.78 is 37.3. The van der Waals surface area contributed by atoms with Crippen molar-refractivity contribution in [2.45, 2.75) is 88.4 Å². The number of piperazine rings is 1. The van der Waals surface area contributed by atoms with Crippen LogP contribution in [-0.4, -0.2) is 85.2 Å². The molecule has 4 heterocycles. The largest absolute Gasteiger partial charge is 0.489 e. The molecule has 11 heteroatoms. The van der Waals surface area contributed by atoms with Crippen LogP contribution in [0, 0.1) is 5.41 Å². The van der Waals surface area contributed by atoms with E-state index in [2.05, 4.69) is 56.5 Å². The van der Waals surface area contributed by atoms with Crippen LogP contribution in [0.2, 0.25) is 0 Å². The zero-order chi connectivity index (χ0) is 36.6. The molecule has 2 saturated heterocycles. The van der Waals surface area contributed by atoms with Crippen LogP contribution in [0.1, 0.15) is 90.3 Å². The van der Waals surface area contributed by atoms with Crippen LogP contribution in [0.15, 0.2) is 66.7 Å². The van der Waals surface area contributed by atoms with Crippen molar-refractivity contribution in [3.63, 3.8) is 0 Å². The van der Waals surface area contributed by atoms with Gasteiger partial charge in [-0.05, 0) is 92.1 Å². The molecule has 4 atom stereocenters. The predicted molar refractivity (Wildman–Crippen MR) is 205 cm³/mol. The van der Waals surface area contributed by atoms with E-state index in [-0.39, 0.29) is 29.5 Å². The van der Waals surface area contributed by atoms with Crippen LogP contribution in [-0.2, 0) is 28.2 Å². The number of likely N-dealkylation sites (N-methyl/N-ethyl adjacent to an activating group) is 1. The van der Waals surface area contributed by atoms with E-state index in [1.165, 1.54) is 31.6 Å². The lowest BCUT2D eigenvalue weighted by Crippen LogP contribution is -2.57. The second-order valence-corrected chi connectivity index (χ2v) is 18.3. The quantitative estimate of drug-likeness (QED) is 0.229. The van der Waals surface area contributed by atoms with Gasteiger partial charge in [-0.3, -0.25) is 9.59 Å². The van der Waals surface area contributed by atoms with Crippen LogP contribution >= 0.6 is 0 Å². The summed E-state index contributed by atoms with van der Waals surface area (Å²) in [5, 5.41) is 1.08. The Labute approximate surface area is 312 Å². The fourth-order valence-corrected chi connectivity index (χ4v) is 10.6. The zero-order valence-corrected chi connectivity index (χ0v) is 31.7. The molecule has 5 aliphatic rings. The van der Waals surface area contributed by atoms with E-state index in [4.69, 9.17) is 4.74 Å². The molecule has 0 spiro atoms. The lowest BCUT2D eigenvalue weighted by Gasteiger charge is -2.41. The molecule has 3 aromatic carbocycles. The predicted octanol–water partition coefficient (Wildman–Crippen LogP) is 6.26. The number of rotatable bonds is 8. The van der Waals surface area contributed by atoms with Gasteiger partial charge < -0.3 is 19.1 Å². The normalized spacial score (nSPS) is 25.4. The Balaban J connectivity index is 1.21. The number of aromatic nitrogens is 1. The Kier molecular flexibility index (Phi) is 8.47. The van der Waals surface area contributed by atoms with Gasteiger partial charge in [0.15, 0.2) is 0 Å². The Morgan fingerprint density at radius 3 is 2.38 bits per heavy atom. The molecule has 3 aliphatic heterocycles. The third-order valence-corrected chi connectivity index (χ3v) is 14.2. The van der Waals surface area contributed by atoms with Gasteiger partial charge in [-0.2, -0.15) is 12.7 Å². The van der Waals surface area contributed by atoms with Gasteiger partial charge in [-0.25, -0.2) is 4.72 Å². The first kappa shape index (κ1) is 34.6. The highest BCUT2D eigenvalue weighted by Gasteiger charge is 2.65. The third kappa shape index (κ3) is 5.86. The van der Waals surface area contributed by atoms with Gasteiger partial charge in [0.2, 0.25) is 5.91 Å². The van der Waals surface area contributed by atoms with Crippen LogP contribution in [0.25, 0.3) is 22.2 Å². The van der Waals surface area contributed by atoms with Gasteiger partial charge >= 0.3 is 10.2 Å². The second-order valence-electron chi connectivity index (χ2n) is 16.4. The molecule has 4 fully saturated rings. The fourth-order valence-electron chi connectivity index (χ4n) is 10.1. The van der Waals surface area contributed by atoms with Gasteiger partial charge in [-0.15, -0.1) is 0 Å². The number of amides is 2. The van der Waals surface area contributed by atoms with E-state index in [0.29, 0.717) is 19.1 Å². The van der Waals surface area contributed by atoms with Gasteiger partial charge in [0.1, 0.15) is 12.4 Å². The van der Waals surface area contributed by atoms with Gasteiger partial charge in [-0.1, -0.05) is 55.7 Å². The summed E-state index contributed by atoms with van der Waals surface area (Å²) >= 11 is 0. The summed E-state index contributed by atoms with van der Waals surface area (Å²) in [7, 11) is 0.968. The Bertz CT molecular complexity index is 2200. The maximum Gasteiger partial charge on any atom is 0.303 e. The molecular weight excluding hydrogens is 687 g/mol. The highest BCUT2D eigenvalue weighted by Crippen LogP contribution is 2.66. The van der Waals surface area contributed by atoms with E-state index < -0.39 is 21.5 Å². The molecule has 2 amide bonds. The topological polar surface area (TPSA) is 104 Å². The minimum absolute atomic E-state index is 0.0372. The first-order valence-electron chi connectivity index (χ1n) is 19.3. The van der Waals surface area contributed by atoms with Crippen molar-refractivity contribution in [2.75, 3.05) is 34.2 Å². The van der Waals surface area contributed by atoms with E-state index in [1.54, 1.807) is 6.07 Å². The molecule has 10 nitrogen and oxygen atoms in total. The molecule has 278 valence electrons. The number of fused-ring (bicyclic) bond motifs is 9. The summed E-state index contributed by atoms with van der Waals surface area (Å²) in [5.74, 6) is 0.756. The lowest BCUT2D eigenvalue weighted by atomic mass is 9.81. The van der Waals surface area contributed by atoms with Crippen molar-refractivity contribution in [3.8, 4) is 17.0 Å². The van der Waals surface area contributed by atoms with E-state index in [0.717, 1.165) is 95.8 Å². The van der Waals surface area contributed by atoms with E-state index >= 15 is 4.79 Å². The number of carbonyl (C=O) groups is 2. The summed E-state index contributed by atoms with van der Waals surface area (Å²) in [6, 6.07) is 22.7. The van der Waals surface area contributed by atoms with Crippen LogP contribution in [0.4, 0.5) is 0 Å². The molecule has 1 aromatic heterocycles. The van der Waals surface area contributed by atoms with Crippen molar-refractivity contribution in [1.29, 1.82) is 0 Å². The maximum absolute atomic E-state index is 15.2. The molecule has 0 radical (unpaired) electrons. The number of carbonyl (C=O) groups excluding carboxylic acids is 2. The summed E-state index contributed by atoms with van der Waals surface area (Å²) in [4.78, 5) is 33.3. The molecule has 9 rings (SSSR count). The van der Waals surface area contributed by atoms with Crippen molar-refractivity contribution < 1.29 is 22.7 Å². The number of benzene rings is 3. The molecule has 2 aliphatic carbocycles. The number of likely N-dealkylation sites (tertiary alicyclic amines) is 1. The number of nitrogens with one attached hydrogen (secondary N) is 1. The molecule has 2 saturated carbocycles. The van der Waals surface area contributed by atoms with Crippen molar-refractivity contribution in [1.82, 2.24) is 23.4 Å². The van der Waals surface area contributed by atoms with Gasteiger partial charge in [0, 0.05) is 73.8 Å². The van der Waals surface area contributed by atoms with Crippen molar-refractivity contribution in [3.05, 3.63) is 89.0 Å². The zero-order valence-electron chi connectivity index (χ0n) is 30.9. The minimum Gasteiger partial charge on any atom is -0.489 e. The maximum atomic E-state index is 15.2. The minimum atomic E-state index is -3.98. The van der Waals surface area contributed by atoms with Gasteiger partial charge in [0.05, 0.1) is 11.1 Å². The number of ether oxygens (including phenoxy) is 1.